The molecule has 0 spiro atoms. The Morgan fingerprint density at radius 2 is 0.929 bits per heavy atom. The van der Waals surface area contributed by atoms with Gasteiger partial charge in [-0.15, -0.1) is 0 Å². The average Bonchev–Trinajstić information content (AvgIpc) is 3.15. The van der Waals surface area contributed by atoms with Crippen molar-refractivity contribution >= 4 is 13.8 Å². The Morgan fingerprint density at radius 3 is 1.36 bits per heavy atom. The summed E-state index contributed by atoms with van der Waals surface area (Å²) in [7, 11) is 1.68. The quantitative estimate of drug-likeness (QED) is 0.0215. The summed E-state index contributed by atoms with van der Waals surface area (Å²) in [5.74, 6) is -0.310. The number of carbonyl (C=O) groups is 1. The summed E-state index contributed by atoms with van der Waals surface area (Å²) in [6.07, 6.45) is 45.3. The van der Waals surface area contributed by atoms with Crippen molar-refractivity contribution in [2.24, 2.45) is 0 Å². The number of unbranched alkanes of at least 4 members (excludes halogenated alkanes) is 29. The first-order valence-corrected chi connectivity index (χ1v) is 25.4. The molecule has 0 aromatic heterocycles. The lowest BCUT2D eigenvalue weighted by molar-refractivity contribution is -0.870. The van der Waals surface area contributed by atoms with Gasteiger partial charge >= 0.3 is 13.8 Å². The van der Waals surface area contributed by atoms with Crippen molar-refractivity contribution in [2.75, 3.05) is 54.1 Å². The van der Waals surface area contributed by atoms with Crippen molar-refractivity contribution in [3.05, 3.63) is 12.2 Å². The summed E-state index contributed by atoms with van der Waals surface area (Å²) in [5, 5.41) is 0. The van der Waals surface area contributed by atoms with Crippen molar-refractivity contribution in [3.63, 3.8) is 0 Å². The molecule has 0 aliphatic rings. The third-order valence-corrected chi connectivity index (χ3v) is 11.6. The Balaban J connectivity index is 4.13. The molecule has 0 aliphatic carbocycles. The molecule has 1 N–H and O–H groups in total. The highest BCUT2D eigenvalue weighted by atomic mass is 31.2. The molecule has 0 heterocycles. The van der Waals surface area contributed by atoms with Crippen LogP contribution >= 0.6 is 7.82 Å². The maximum Gasteiger partial charge on any atom is 0.472 e. The number of esters is 1. The van der Waals surface area contributed by atoms with Gasteiger partial charge in [-0.3, -0.25) is 13.8 Å². The highest BCUT2D eigenvalue weighted by Crippen LogP contribution is 2.43. The minimum absolute atomic E-state index is 0.0919. The first-order valence-electron chi connectivity index (χ1n) is 23.9. The zero-order valence-electron chi connectivity index (χ0n) is 37.9. The van der Waals surface area contributed by atoms with Crippen LogP contribution in [0.2, 0.25) is 0 Å². The Kier molecular flexibility index (Phi) is 40.4. The van der Waals surface area contributed by atoms with Gasteiger partial charge in [0.05, 0.1) is 34.4 Å². The maximum atomic E-state index is 12.7. The number of quaternary nitrogens is 1. The fraction of sp³-hybridized carbons (Fsp3) is 0.936. The first-order chi connectivity index (χ1) is 27.1. The van der Waals surface area contributed by atoms with E-state index >= 15 is 0 Å². The number of phosphoric acid groups is 1. The molecule has 0 bridgehead atoms. The molecule has 0 fully saturated rings. The van der Waals surface area contributed by atoms with Gasteiger partial charge in [-0.25, -0.2) is 4.57 Å². The van der Waals surface area contributed by atoms with Crippen LogP contribution in [0.15, 0.2) is 12.2 Å². The molecule has 0 radical (unpaired) electrons. The Bertz CT molecular complexity index is 909. The maximum absolute atomic E-state index is 12.7. The van der Waals surface area contributed by atoms with Gasteiger partial charge in [-0.05, 0) is 38.5 Å². The van der Waals surface area contributed by atoms with E-state index in [9.17, 15) is 14.3 Å². The van der Waals surface area contributed by atoms with Crippen LogP contribution in [0.3, 0.4) is 0 Å². The van der Waals surface area contributed by atoms with Crippen molar-refractivity contribution < 1.29 is 37.3 Å². The Morgan fingerprint density at radius 1 is 0.536 bits per heavy atom. The molecule has 56 heavy (non-hydrogen) atoms. The molecule has 0 saturated carbocycles. The topological polar surface area (TPSA) is 91.3 Å². The molecule has 0 aromatic rings. The standard InChI is InChI=1S/C47H94NO7P/c1-6-8-10-12-14-16-18-20-22-23-24-25-26-27-29-31-33-35-37-39-42-52-44-46(45-54-56(50,51)53-43-41-48(3,4)5)55-47(49)40-38-36-34-32-30-28-21-19-17-15-13-11-9-7-2/h20,22,46H,6-19,21,23-45H2,1-5H3/p+1/b22-20-. The number of rotatable bonds is 45. The van der Waals surface area contributed by atoms with E-state index in [0.29, 0.717) is 24.1 Å². The van der Waals surface area contributed by atoms with Crippen molar-refractivity contribution in [1.29, 1.82) is 0 Å². The fourth-order valence-electron chi connectivity index (χ4n) is 6.84. The summed E-state index contributed by atoms with van der Waals surface area (Å²) in [4.78, 5) is 22.9. The summed E-state index contributed by atoms with van der Waals surface area (Å²) in [6, 6.07) is 0. The second kappa shape index (κ2) is 41.0. The molecule has 0 aromatic carbocycles. The number of nitrogens with zero attached hydrogens (tertiary/aromatic N) is 1. The molecule has 8 nitrogen and oxygen atoms in total. The van der Waals surface area contributed by atoms with Gasteiger partial charge in [-0.2, -0.15) is 0 Å². The van der Waals surface area contributed by atoms with Crippen LogP contribution in [0.4, 0.5) is 0 Å². The number of likely N-dealkylation sites (N-methyl/N-ethyl adjacent to an activating group) is 1. The number of hydrogen-bond donors (Lipinski definition) is 1. The molecular formula is C47H95NO7P+. The predicted molar refractivity (Wildman–Crippen MR) is 238 cm³/mol. The van der Waals surface area contributed by atoms with E-state index < -0.39 is 13.9 Å². The van der Waals surface area contributed by atoms with Gasteiger partial charge in [-0.1, -0.05) is 193 Å². The summed E-state index contributed by atoms with van der Waals surface area (Å²) < 4.78 is 35.1. The smallest absolute Gasteiger partial charge is 0.457 e. The van der Waals surface area contributed by atoms with Gasteiger partial charge < -0.3 is 18.9 Å². The molecule has 0 saturated heterocycles. The van der Waals surface area contributed by atoms with Crippen LogP contribution in [0.5, 0.6) is 0 Å². The zero-order chi connectivity index (χ0) is 41.3. The minimum atomic E-state index is -4.27. The number of carbonyl (C=O) groups excluding carboxylic acids is 1. The van der Waals surface area contributed by atoms with Crippen LogP contribution in [-0.2, 0) is 27.9 Å². The molecular weight excluding hydrogens is 721 g/mol. The SMILES string of the molecule is CCCCCCCC/C=C\CCCCCCCCCCCCOCC(COP(=O)(O)OCC[N+](C)(C)C)OC(=O)CCCCCCCCCCCCCCCC. The third-order valence-electron chi connectivity index (χ3n) is 10.6. The van der Waals surface area contributed by atoms with Crippen LogP contribution < -0.4 is 0 Å². The molecule has 334 valence electrons. The van der Waals surface area contributed by atoms with E-state index in [0.717, 1.165) is 32.1 Å². The second-order valence-corrected chi connectivity index (χ2v) is 19.0. The fourth-order valence-corrected chi connectivity index (χ4v) is 7.58. The largest absolute Gasteiger partial charge is 0.472 e. The Hall–Kier alpha value is -0.760. The van der Waals surface area contributed by atoms with Crippen molar-refractivity contribution in [2.45, 2.75) is 232 Å². The van der Waals surface area contributed by atoms with Gasteiger partial charge in [0.15, 0.2) is 0 Å². The average molecular weight is 817 g/mol. The summed E-state index contributed by atoms with van der Waals surface area (Å²) in [6.45, 7) is 5.66. The van der Waals surface area contributed by atoms with Crippen LogP contribution in [0.1, 0.15) is 226 Å². The van der Waals surface area contributed by atoms with Crippen LogP contribution in [0, 0.1) is 0 Å². The lowest BCUT2D eigenvalue weighted by Gasteiger charge is -2.24. The van der Waals surface area contributed by atoms with E-state index in [-0.39, 0.29) is 25.8 Å². The van der Waals surface area contributed by atoms with E-state index in [2.05, 4.69) is 26.0 Å². The van der Waals surface area contributed by atoms with Crippen LogP contribution in [0.25, 0.3) is 0 Å². The van der Waals surface area contributed by atoms with E-state index in [4.69, 9.17) is 18.5 Å². The van der Waals surface area contributed by atoms with E-state index in [1.165, 1.54) is 173 Å². The zero-order valence-corrected chi connectivity index (χ0v) is 38.8. The minimum Gasteiger partial charge on any atom is -0.457 e. The predicted octanol–water partition coefficient (Wildman–Crippen LogP) is 14.2. The van der Waals surface area contributed by atoms with Crippen molar-refractivity contribution in [3.8, 4) is 0 Å². The molecule has 2 atom stereocenters. The highest BCUT2D eigenvalue weighted by Gasteiger charge is 2.26. The molecule has 2 unspecified atom stereocenters. The van der Waals surface area contributed by atoms with Gasteiger partial charge in [0.25, 0.3) is 0 Å². The molecule has 0 aliphatic heterocycles. The first kappa shape index (κ1) is 55.2. The lowest BCUT2D eigenvalue weighted by Crippen LogP contribution is -2.37. The number of ether oxygens (including phenoxy) is 2. The van der Waals surface area contributed by atoms with Crippen molar-refractivity contribution in [1.82, 2.24) is 0 Å². The summed E-state index contributed by atoms with van der Waals surface area (Å²) >= 11 is 0. The van der Waals surface area contributed by atoms with Crippen LogP contribution in [-0.4, -0.2) is 75.6 Å². The lowest BCUT2D eigenvalue weighted by atomic mass is 10.0. The number of allylic oxidation sites excluding steroid dienone is 2. The monoisotopic (exact) mass is 817 g/mol. The second-order valence-electron chi connectivity index (χ2n) is 17.5. The molecule has 0 amide bonds. The van der Waals surface area contributed by atoms with Gasteiger partial charge in [0.1, 0.15) is 19.3 Å². The highest BCUT2D eigenvalue weighted by molar-refractivity contribution is 7.47. The Labute approximate surface area is 348 Å². The van der Waals surface area contributed by atoms with E-state index in [1.54, 1.807) is 0 Å². The van der Waals surface area contributed by atoms with Gasteiger partial charge in [0, 0.05) is 13.0 Å². The molecule has 0 rings (SSSR count). The normalized spacial score (nSPS) is 13.8. The number of hydrogen-bond acceptors (Lipinski definition) is 6. The third kappa shape index (κ3) is 44.3. The van der Waals surface area contributed by atoms with Gasteiger partial charge in [0.2, 0.25) is 0 Å². The number of phosphoric ester groups is 1. The molecule has 9 heteroatoms. The van der Waals surface area contributed by atoms with E-state index in [1.807, 2.05) is 21.1 Å². The summed E-state index contributed by atoms with van der Waals surface area (Å²) in [5.41, 5.74) is 0.